The second-order valence-electron chi connectivity index (χ2n) is 3.94. The number of aromatic amines is 1. The molecule has 2 atom stereocenters. The zero-order valence-corrected chi connectivity index (χ0v) is 7.38. The van der Waals surface area contributed by atoms with Crippen molar-refractivity contribution in [2.24, 2.45) is 11.7 Å². The Bertz CT molecular complexity index is 255. The molecule has 1 fully saturated rings. The number of nitrogens with two attached hydrogens (primary N) is 1. The first-order chi connectivity index (χ1) is 5.71. The Kier molecular flexibility index (Phi) is 1.68. The molecule has 0 bridgehead atoms. The van der Waals surface area contributed by atoms with Crippen molar-refractivity contribution in [3.05, 3.63) is 18.2 Å². The van der Waals surface area contributed by atoms with E-state index in [1.165, 1.54) is 6.42 Å². The molecule has 3 heteroatoms. The molecule has 3 N–H and O–H groups in total. The highest BCUT2D eigenvalue weighted by atomic mass is 15.0. The molecular formula is C9H15N3. The summed E-state index contributed by atoms with van der Waals surface area (Å²) in [5.74, 6) is 1.69. The summed E-state index contributed by atoms with van der Waals surface area (Å²) < 4.78 is 0. The monoisotopic (exact) mass is 165 g/mol. The summed E-state index contributed by atoms with van der Waals surface area (Å²) in [7, 11) is 0. The van der Waals surface area contributed by atoms with Crippen LogP contribution in [-0.2, 0) is 5.54 Å². The van der Waals surface area contributed by atoms with Gasteiger partial charge < -0.3 is 10.7 Å². The molecule has 1 aromatic heterocycles. The molecule has 0 unspecified atom stereocenters. The first-order valence-corrected chi connectivity index (χ1v) is 4.49. The number of hydrogen-bond donors (Lipinski definition) is 2. The number of aromatic nitrogens is 2. The van der Waals surface area contributed by atoms with Crippen molar-refractivity contribution in [1.82, 2.24) is 9.97 Å². The maximum Gasteiger partial charge on any atom is 0.126 e. The lowest BCUT2D eigenvalue weighted by atomic mass is 9.97. The van der Waals surface area contributed by atoms with E-state index in [-0.39, 0.29) is 5.54 Å². The third-order valence-electron chi connectivity index (χ3n) is 2.77. The van der Waals surface area contributed by atoms with Gasteiger partial charge in [0.2, 0.25) is 0 Å². The molecule has 12 heavy (non-hydrogen) atoms. The highest BCUT2D eigenvalue weighted by molar-refractivity contribution is 5.08. The van der Waals surface area contributed by atoms with Crippen LogP contribution >= 0.6 is 0 Å². The maximum absolute atomic E-state index is 6.22. The molecule has 0 aliphatic heterocycles. The SMILES string of the molecule is C[C@@H]1CC[C@@](N)(c2ncc[nH]2)C1. The van der Waals surface area contributed by atoms with E-state index in [0.717, 1.165) is 24.6 Å². The van der Waals surface area contributed by atoms with Gasteiger partial charge in [-0.25, -0.2) is 4.98 Å². The van der Waals surface area contributed by atoms with Gasteiger partial charge in [-0.1, -0.05) is 6.92 Å². The average molecular weight is 165 g/mol. The maximum atomic E-state index is 6.22. The largest absolute Gasteiger partial charge is 0.347 e. The number of nitrogens with zero attached hydrogens (tertiary/aromatic N) is 1. The van der Waals surface area contributed by atoms with Gasteiger partial charge in [-0.15, -0.1) is 0 Å². The summed E-state index contributed by atoms with van der Waals surface area (Å²) in [6, 6.07) is 0. The Morgan fingerprint density at radius 3 is 3.08 bits per heavy atom. The number of H-pyrrole nitrogens is 1. The molecule has 0 amide bonds. The summed E-state index contributed by atoms with van der Waals surface area (Å²) in [6.07, 6.45) is 6.94. The van der Waals surface area contributed by atoms with Crippen molar-refractivity contribution in [3.8, 4) is 0 Å². The molecular weight excluding hydrogens is 150 g/mol. The Morgan fingerprint density at radius 2 is 2.58 bits per heavy atom. The molecule has 0 aromatic carbocycles. The van der Waals surface area contributed by atoms with Crippen LogP contribution in [-0.4, -0.2) is 9.97 Å². The zero-order valence-electron chi connectivity index (χ0n) is 7.38. The number of rotatable bonds is 1. The topological polar surface area (TPSA) is 54.7 Å². The predicted octanol–water partition coefficient (Wildman–Crippen LogP) is 1.38. The van der Waals surface area contributed by atoms with Crippen LogP contribution in [0.15, 0.2) is 12.4 Å². The van der Waals surface area contributed by atoms with Crippen LogP contribution in [0.25, 0.3) is 0 Å². The van der Waals surface area contributed by atoms with Crippen molar-refractivity contribution in [3.63, 3.8) is 0 Å². The molecule has 0 radical (unpaired) electrons. The fraction of sp³-hybridized carbons (Fsp3) is 0.667. The van der Waals surface area contributed by atoms with Crippen molar-refractivity contribution in [2.45, 2.75) is 31.7 Å². The smallest absolute Gasteiger partial charge is 0.126 e. The van der Waals surface area contributed by atoms with Crippen molar-refractivity contribution in [2.75, 3.05) is 0 Å². The predicted molar refractivity (Wildman–Crippen MR) is 47.5 cm³/mol. The van der Waals surface area contributed by atoms with Gasteiger partial charge in [0.15, 0.2) is 0 Å². The normalized spacial score (nSPS) is 35.7. The lowest BCUT2D eigenvalue weighted by Crippen LogP contribution is -2.34. The summed E-state index contributed by atoms with van der Waals surface area (Å²) >= 11 is 0. The number of hydrogen-bond acceptors (Lipinski definition) is 2. The van der Waals surface area contributed by atoms with Crippen molar-refractivity contribution >= 4 is 0 Å². The van der Waals surface area contributed by atoms with Gasteiger partial charge in [-0.05, 0) is 25.2 Å². The summed E-state index contributed by atoms with van der Waals surface area (Å²) in [5, 5.41) is 0. The summed E-state index contributed by atoms with van der Waals surface area (Å²) in [6.45, 7) is 2.25. The molecule has 0 spiro atoms. The molecule has 1 aromatic rings. The van der Waals surface area contributed by atoms with Gasteiger partial charge >= 0.3 is 0 Å². The van der Waals surface area contributed by atoms with Crippen molar-refractivity contribution < 1.29 is 0 Å². The quantitative estimate of drug-likeness (QED) is 0.660. The molecule has 1 heterocycles. The van der Waals surface area contributed by atoms with Crippen molar-refractivity contribution in [1.29, 1.82) is 0 Å². The van der Waals surface area contributed by atoms with E-state index < -0.39 is 0 Å². The zero-order chi connectivity index (χ0) is 8.60. The van der Waals surface area contributed by atoms with Gasteiger partial charge in [-0.3, -0.25) is 0 Å². The lowest BCUT2D eigenvalue weighted by Gasteiger charge is -2.20. The van der Waals surface area contributed by atoms with E-state index in [4.69, 9.17) is 5.73 Å². The third kappa shape index (κ3) is 1.14. The van der Waals surface area contributed by atoms with E-state index in [0.29, 0.717) is 0 Å². The Labute approximate surface area is 72.4 Å². The lowest BCUT2D eigenvalue weighted by molar-refractivity contribution is 0.417. The highest BCUT2D eigenvalue weighted by Gasteiger charge is 2.37. The molecule has 2 rings (SSSR count). The first kappa shape index (κ1) is 7.80. The second-order valence-corrected chi connectivity index (χ2v) is 3.94. The van der Waals surface area contributed by atoms with Crippen LogP contribution in [0.1, 0.15) is 32.0 Å². The molecule has 1 aliphatic carbocycles. The van der Waals surface area contributed by atoms with Crippen LogP contribution in [0.3, 0.4) is 0 Å². The van der Waals surface area contributed by atoms with Gasteiger partial charge in [0.1, 0.15) is 5.82 Å². The summed E-state index contributed by atoms with van der Waals surface area (Å²) in [5.41, 5.74) is 6.04. The number of nitrogens with one attached hydrogen (secondary N) is 1. The molecule has 1 saturated carbocycles. The molecule has 1 aliphatic rings. The van der Waals surface area contributed by atoms with E-state index in [1.54, 1.807) is 6.20 Å². The second kappa shape index (κ2) is 2.59. The third-order valence-corrected chi connectivity index (χ3v) is 2.77. The molecule has 0 saturated heterocycles. The number of imidazole rings is 1. The van der Waals surface area contributed by atoms with Crippen LogP contribution in [0.5, 0.6) is 0 Å². The van der Waals surface area contributed by atoms with E-state index in [1.807, 2.05) is 6.20 Å². The van der Waals surface area contributed by atoms with E-state index in [9.17, 15) is 0 Å². The highest BCUT2D eigenvalue weighted by Crippen LogP contribution is 2.37. The fourth-order valence-electron chi connectivity index (χ4n) is 2.08. The van der Waals surface area contributed by atoms with Crippen LogP contribution in [0.2, 0.25) is 0 Å². The van der Waals surface area contributed by atoms with Gasteiger partial charge in [-0.2, -0.15) is 0 Å². The Hall–Kier alpha value is -0.830. The fourth-order valence-corrected chi connectivity index (χ4v) is 2.08. The van der Waals surface area contributed by atoms with Crippen LogP contribution in [0, 0.1) is 5.92 Å². The van der Waals surface area contributed by atoms with Gasteiger partial charge in [0.05, 0.1) is 5.54 Å². The van der Waals surface area contributed by atoms with Crippen LogP contribution < -0.4 is 5.73 Å². The minimum absolute atomic E-state index is 0.178. The Balaban J connectivity index is 2.23. The van der Waals surface area contributed by atoms with Gasteiger partial charge in [0.25, 0.3) is 0 Å². The standard InChI is InChI=1S/C9H15N3/c1-7-2-3-9(10,6-7)8-11-4-5-12-8/h4-5,7H,2-3,6,10H2,1H3,(H,11,12)/t7-,9+/m1/s1. The Morgan fingerprint density at radius 1 is 1.75 bits per heavy atom. The van der Waals surface area contributed by atoms with Crippen LogP contribution in [0.4, 0.5) is 0 Å². The van der Waals surface area contributed by atoms with E-state index >= 15 is 0 Å². The molecule has 66 valence electrons. The van der Waals surface area contributed by atoms with E-state index in [2.05, 4.69) is 16.9 Å². The van der Waals surface area contributed by atoms with Gasteiger partial charge in [0, 0.05) is 12.4 Å². The minimum atomic E-state index is -0.178. The average Bonchev–Trinajstić information content (AvgIpc) is 2.59. The minimum Gasteiger partial charge on any atom is -0.347 e. The molecule has 3 nitrogen and oxygen atoms in total. The first-order valence-electron chi connectivity index (χ1n) is 4.49. The summed E-state index contributed by atoms with van der Waals surface area (Å²) in [4.78, 5) is 7.33.